The Morgan fingerprint density at radius 3 is 2.32 bits per heavy atom. The Kier molecular flexibility index (Phi) is 9.20. The lowest BCUT2D eigenvalue weighted by Gasteiger charge is -2.12. The summed E-state index contributed by atoms with van der Waals surface area (Å²) in [5.74, 6) is -1.45. The fourth-order valence-corrected chi connectivity index (χ4v) is 3.76. The molecule has 0 aliphatic carbocycles. The number of ether oxygens (including phenoxy) is 2. The van der Waals surface area contributed by atoms with Crippen molar-refractivity contribution in [2.45, 2.75) is 31.6 Å². The molecule has 0 saturated heterocycles. The van der Waals surface area contributed by atoms with E-state index in [0.717, 1.165) is 17.7 Å². The summed E-state index contributed by atoms with van der Waals surface area (Å²) < 4.78 is 63.6. The quantitative estimate of drug-likeness (QED) is 0.512. The van der Waals surface area contributed by atoms with E-state index in [1.165, 1.54) is 0 Å². The second-order valence-corrected chi connectivity index (χ2v) is 8.24. The van der Waals surface area contributed by atoms with Crippen LogP contribution in [0, 0.1) is 11.6 Å². The van der Waals surface area contributed by atoms with E-state index in [1.807, 2.05) is 32.0 Å². The molecule has 170 valence electrons. The highest BCUT2D eigenvalue weighted by Crippen LogP contribution is 2.28. The molecule has 2 N–H and O–H groups in total. The fourth-order valence-electron chi connectivity index (χ4n) is 2.71. The first-order valence-electron chi connectivity index (χ1n) is 9.86. The minimum absolute atomic E-state index is 0.101. The average Bonchev–Trinajstić information content (AvgIpc) is 2.72. The fraction of sp³-hybridized carbons (Fsp3) is 0.381. The van der Waals surface area contributed by atoms with E-state index in [1.54, 1.807) is 0 Å². The lowest BCUT2D eigenvalue weighted by atomic mass is 10.1. The van der Waals surface area contributed by atoms with Gasteiger partial charge in [0.1, 0.15) is 0 Å². The van der Waals surface area contributed by atoms with Crippen molar-refractivity contribution in [2.24, 2.45) is 0 Å². The first kappa shape index (κ1) is 24.5. The molecule has 0 saturated carbocycles. The Balaban J connectivity index is 1.79. The van der Waals surface area contributed by atoms with Crippen LogP contribution in [0.2, 0.25) is 0 Å². The Morgan fingerprint density at radius 2 is 1.65 bits per heavy atom. The van der Waals surface area contributed by atoms with Gasteiger partial charge in [-0.05, 0) is 56.2 Å². The maximum atomic E-state index is 13.2. The maximum absolute atomic E-state index is 13.2. The Bertz CT molecular complexity index is 999. The molecule has 0 aliphatic rings. The predicted molar refractivity (Wildman–Crippen MR) is 112 cm³/mol. The zero-order valence-electron chi connectivity index (χ0n) is 17.4. The van der Waals surface area contributed by atoms with E-state index < -0.39 is 26.6 Å². The first-order chi connectivity index (χ1) is 14.8. The smallest absolute Gasteiger partial charge is 0.240 e. The van der Waals surface area contributed by atoms with E-state index in [2.05, 4.69) is 10.0 Å². The predicted octanol–water partition coefficient (Wildman–Crippen LogP) is 2.79. The number of benzene rings is 2. The summed E-state index contributed by atoms with van der Waals surface area (Å²) in [5, 5.41) is 2.71. The van der Waals surface area contributed by atoms with Gasteiger partial charge in [0.15, 0.2) is 23.1 Å². The van der Waals surface area contributed by atoms with Gasteiger partial charge in [-0.25, -0.2) is 21.9 Å². The van der Waals surface area contributed by atoms with Gasteiger partial charge in [-0.1, -0.05) is 6.07 Å². The summed E-state index contributed by atoms with van der Waals surface area (Å²) >= 11 is 0. The largest absolute Gasteiger partial charge is 0.490 e. The van der Waals surface area contributed by atoms with Crippen molar-refractivity contribution in [3.8, 4) is 11.5 Å². The highest BCUT2D eigenvalue weighted by Gasteiger charge is 2.16. The molecular formula is C21H26F2N2O5S. The molecule has 0 unspecified atom stereocenters. The third-order valence-corrected chi connectivity index (χ3v) is 5.65. The molecule has 7 nitrogen and oxygen atoms in total. The highest BCUT2D eigenvalue weighted by atomic mass is 32.2. The molecule has 0 spiro atoms. The summed E-state index contributed by atoms with van der Waals surface area (Å²) in [6, 6.07) is 7.83. The van der Waals surface area contributed by atoms with Gasteiger partial charge in [-0.15, -0.1) is 0 Å². The van der Waals surface area contributed by atoms with Gasteiger partial charge in [-0.2, -0.15) is 0 Å². The summed E-state index contributed by atoms with van der Waals surface area (Å²) in [7, 11) is -4.04. The zero-order chi connectivity index (χ0) is 22.9. The van der Waals surface area contributed by atoms with Gasteiger partial charge in [0.2, 0.25) is 15.9 Å². The highest BCUT2D eigenvalue weighted by molar-refractivity contribution is 7.89. The van der Waals surface area contributed by atoms with Crippen LogP contribution in [0.25, 0.3) is 0 Å². The van der Waals surface area contributed by atoms with Crippen LogP contribution in [-0.4, -0.2) is 40.6 Å². The van der Waals surface area contributed by atoms with Crippen molar-refractivity contribution in [3.05, 3.63) is 53.6 Å². The zero-order valence-corrected chi connectivity index (χ0v) is 18.2. The monoisotopic (exact) mass is 456 g/mol. The number of hydrogen-bond donors (Lipinski definition) is 2. The molecule has 31 heavy (non-hydrogen) atoms. The molecule has 0 aliphatic heterocycles. The topological polar surface area (TPSA) is 93.7 Å². The van der Waals surface area contributed by atoms with E-state index in [4.69, 9.17) is 9.47 Å². The Morgan fingerprint density at radius 1 is 0.935 bits per heavy atom. The molecule has 10 heteroatoms. The van der Waals surface area contributed by atoms with Crippen LogP contribution >= 0.6 is 0 Å². The normalized spacial score (nSPS) is 11.2. The third kappa shape index (κ3) is 7.48. The molecule has 0 radical (unpaired) electrons. The number of rotatable bonds is 12. The van der Waals surface area contributed by atoms with Gasteiger partial charge >= 0.3 is 0 Å². The number of nitrogens with one attached hydrogen (secondary N) is 2. The van der Waals surface area contributed by atoms with E-state index in [-0.39, 0.29) is 18.9 Å². The molecule has 0 bridgehead atoms. The first-order valence-corrected chi connectivity index (χ1v) is 11.3. The minimum atomic E-state index is -4.04. The summed E-state index contributed by atoms with van der Waals surface area (Å²) in [6.07, 6.45) is 0.454. The molecule has 0 fully saturated rings. The lowest BCUT2D eigenvalue weighted by molar-refractivity contribution is -0.120. The second kappa shape index (κ2) is 11.6. The molecule has 1 amide bonds. The average molecular weight is 457 g/mol. The lowest BCUT2D eigenvalue weighted by Crippen LogP contribution is -2.31. The molecule has 0 heterocycles. The summed E-state index contributed by atoms with van der Waals surface area (Å²) in [5.41, 5.74) is 0.950. The van der Waals surface area contributed by atoms with Crippen LogP contribution in [0.1, 0.15) is 25.8 Å². The van der Waals surface area contributed by atoms with Crippen LogP contribution in [-0.2, 0) is 21.2 Å². The number of halogens is 2. The standard InChI is InChI=1S/C21H26F2N2O5S/c1-3-29-19-8-5-15(13-20(19)30-4-2)9-11-24-21(26)10-12-25-31(27,28)16-6-7-17(22)18(23)14-16/h5-8,13-14,25H,3-4,9-12H2,1-2H3,(H,24,26). The van der Waals surface area contributed by atoms with Crippen LogP contribution in [0.5, 0.6) is 11.5 Å². The molecular weight excluding hydrogens is 430 g/mol. The molecule has 2 rings (SSSR count). The van der Waals surface area contributed by atoms with Crippen molar-refractivity contribution in [2.75, 3.05) is 26.3 Å². The van der Waals surface area contributed by atoms with Crippen molar-refractivity contribution in [1.82, 2.24) is 10.0 Å². The SMILES string of the molecule is CCOc1ccc(CCNC(=O)CCNS(=O)(=O)c2ccc(F)c(F)c2)cc1OCC. The maximum Gasteiger partial charge on any atom is 0.240 e. The molecule has 0 atom stereocenters. The second-order valence-electron chi connectivity index (χ2n) is 6.47. The van der Waals surface area contributed by atoms with Crippen LogP contribution in [0.4, 0.5) is 8.78 Å². The third-order valence-electron chi connectivity index (χ3n) is 4.19. The van der Waals surface area contributed by atoms with E-state index in [9.17, 15) is 22.0 Å². The molecule has 2 aromatic rings. The van der Waals surface area contributed by atoms with E-state index >= 15 is 0 Å². The Hall–Kier alpha value is -2.72. The summed E-state index contributed by atoms with van der Waals surface area (Å²) in [6.45, 7) is 4.97. The minimum Gasteiger partial charge on any atom is -0.490 e. The number of sulfonamides is 1. The van der Waals surface area contributed by atoms with Crippen LogP contribution in [0.3, 0.4) is 0 Å². The van der Waals surface area contributed by atoms with Gasteiger partial charge in [0.05, 0.1) is 18.1 Å². The van der Waals surface area contributed by atoms with E-state index in [0.29, 0.717) is 43.7 Å². The summed E-state index contributed by atoms with van der Waals surface area (Å²) in [4.78, 5) is 11.6. The Labute approximate surface area is 180 Å². The number of amides is 1. The van der Waals surface area contributed by atoms with Crippen LogP contribution in [0.15, 0.2) is 41.3 Å². The molecule has 0 aromatic heterocycles. The number of carbonyl (C=O) groups is 1. The number of carbonyl (C=O) groups excluding carboxylic acids is 1. The van der Waals surface area contributed by atoms with Crippen molar-refractivity contribution >= 4 is 15.9 Å². The number of hydrogen-bond acceptors (Lipinski definition) is 5. The van der Waals surface area contributed by atoms with Gasteiger partial charge in [-0.3, -0.25) is 4.79 Å². The van der Waals surface area contributed by atoms with Gasteiger partial charge < -0.3 is 14.8 Å². The van der Waals surface area contributed by atoms with Crippen molar-refractivity contribution in [3.63, 3.8) is 0 Å². The van der Waals surface area contributed by atoms with Crippen LogP contribution < -0.4 is 19.5 Å². The van der Waals surface area contributed by atoms with Crippen molar-refractivity contribution < 1.29 is 31.5 Å². The molecule has 2 aromatic carbocycles. The van der Waals surface area contributed by atoms with Crippen molar-refractivity contribution in [1.29, 1.82) is 0 Å². The van der Waals surface area contributed by atoms with Gasteiger partial charge in [0.25, 0.3) is 0 Å². The van der Waals surface area contributed by atoms with Gasteiger partial charge in [0, 0.05) is 19.5 Å².